The molecule has 5 rings (SSSR count). The first-order valence-corrected chi connectivity index (χ1v) is 9.90. The van der Waals surface area contributed by atoms with Gasteiger partial charge in [0.05, 0.1) is 0 Å². The zero-order chi connectivity index (χ0) is 24.4. The van der Waals surface area contributed by atoms with Crippen LogP contribution in [0.3, 0.4) is 0 Å². The van der Waals surface area contributed by atoms with Gasteiger partial charge in [-0.15, -0.1) is 0 Å². The highest BCUT2D eigenvalue weighted by atomic mass is 19.4. The number of hydrogen-bond acceptors (Lipinski definition) is 2. The third kappa shape index (κ3) is 2.89. The molecule has 0 unspecified atom stereocenters. The van der Waals surface area contributed by atoms with E-state index < -0.39 is 23.5 Å². The standard InChI is InChI=1S/C26H10F6N2/c27-25(28,29)19(11-33)21-15-7-3-4-8-16(15)22-18(21)10-9-17-13-5-1-2-6-14(13)23(24(17)22)20(12-34)26(30,31)32/h1-10H/b21-19-,23-20-. The van der Waals surface area contributed by atoms with E-state index in [0.717, 1.165) is 0 Å². The lowest BCUT2D eigenvalue weighted by Gasteiger charge is -2.15. The zero-order valence-electron chi connectivity index (χ0n) is 16.9. The lowest BCUT2D eigenvalue weighted by molar-refractivity contribution is -0.0876. The number of halogens is 6. The minimum Gasteiger partial charge on any atom is -0.192 e. The molecule has 3 aromatic rings. The van der Waals surface area contributed by atoms with E-state index in [1.165, 1.54) is 54.6 Å². The van der Waals surface area contributed by atoms with Crippen LogP contribution in [-0.4, -0.2) is 12.4 Å². The largest absolute Gasteiger partial charge is 0.426 e. The van der Waals surface area contributed by atoms with Gasteiger partial charge in [-0.3, -0.25) is 0 Å². The van der Waals surface area contributed by atoms with E-state index in [-0.39, 0.29) is 44.5 Å². The molecule has 166 valence electrons. The molecule has 2 aliphatic rings. The van der Waals surface area contributed by atoms with Gasteiger partial charge in [0.1, 0.15) is 23.3 Å². The maximum absolute atomic E-state index is 13.9. The summed E-state index contributed by atoms with van der Waals surface area (Å²) >= 11 is 0. The summed E-state index contributed by atoms with van der Waals surface area (Å²) < 4.78 is 83.2. The molecule has 0 spiro atoms. The summed E-state index contributed by atoms with van der Waals surface area (Å²) in [5.41, 5.74) is -2.09. The first-order chi connectivity index (χ1) is 16.1. The molecule has 0 saturated carbocycles. The zero-order valence-corrected chi connectivity index (χ0v) is 16.9. The predicted octanol–water partition coefficient (Wildman–Crippen LogP) is 7.42. The van der Waals surface area contributed by atoms with E-state index in [9.17, 15) is 36.9 Å². The monoisotopic (exact) mass is 464 g/mol. The van der Waals surface area contributed by atoms with Crippen LogP contribution in [0.5, 0.6) is 0 Å². The highest BCUT2D eigenvalue weighted by Crippen LogP contribution is 2.57. The van der Waals surface area contributed by atoms with E-state index in [1.54, 1.807) is 18.2 Å². The quantitative estimate of drug-likeness (QED) is 0.177. The lowest BCUT2D eigenvalue weighted by atomic mass is 9.90. The lowest BCUT2D eigenvalue weighted by Crippen LogP contribution is -2.13. The molecule has 0 atom stereocenters. The van der Waals surface area contributed by atoms with Crippen LogP contribution in [0.25, 0.3) is 33.4 Å². The van der Waals surface area contributed by atoms with Crippen LogP contribution in [0, 0.1) is 22.7 Å². The first kappa shape index (κ1) is 21.5. The summed E-state index contributed by atoms with van der Waals surface area (Å²) in [6.07, 6.45) is -9.95. The average Bonchev–Trinajstić information content (AvgIpc) is 3.27. The SMILES string of the molecule is N#C/C(=C1\c2ccccc2-c2c1ccc1c2/C(=C(/C#N)C(F)(F)F)c2ccccc2-1)C(F)(F)F. The van der Waals surface area contributed by atoms with Crippen molar-refractivity contribution in [3.05, 3.63) is 94.1 Å². The minimum absolute atomic E-state index is 0.00130. The number of rotatable bonds is 0. The van der Waals surface area contributed by atoms with Gasteiger partial charge in [0.15, 0.2) is 0 Å². The molecule has 3 aromatic carbocycles. The molecule has 0 aliphatic heterocycles. The maximum atomic E-state index is 13.9. The Bertz CT molecular complexity index is 1540. The molecule has 0 aromatic heterocycles. The Morgan fingerprint density at radius 3 is 1.47 bits per heavy atom. The van der Waals surface area contributed by atoms with Crippen LogP contribution in [0.2, 0.25) is 0 Å². The molecule has 2 nitrogen and oxygen atoms in total. The Labute approximate surface area is 189 Å². The summed E-state index contributed by atoms with van der Waals surface area (Å²) in [7, 11) is 0. The third-order valence-electron chi connectivity index (χ3n) is 5.97. The molecule has 0 N–H and O–H groups in total. The highest BCUT2D eigenvalue weighted by Gasteiger charge is 2.45. The summed E-state index contributed by atoms with van der Waals surface area (Å²) in [4.78, 5) is 0. The Hall–Kier alpha value is -4.30. The Morgan fingerprint density at radius 2 is 0.941 bits per heavy atom. The van der Waals surface area contributed by atoms with Gasteiger partial charge in [0.2, 0.25) is 0 Å². The average molecular weight is 464 g/mol. The molecule has 8 heteroatoms. The van der Waals surface area contributed by atoms with Crippen molar-refractivity contribution in [2.75, 3.05) is 0 Å². The van der Waals surface area contributed by atoms with E-state index >= 15 is 0 Å². The van der Waals surface area contributed by atoms with Gasteiger partial charge < -0.3 is 0 Å². The van der Waals surface area contributed by atoms with Gasteiger partial charge in [0, 0.05) is 11.1 Å². The molecule has 0 radical (unpaired) electrons. The molecule has 0 fully saturated rings. The maximum Gasteiger partial charge on any atom is 0.426 e. The van der Waals surface area contributed by atoms with Crippen LogP contribution in [0.1, 0.15) is 22.3 Å². The summed E-state index contributed by atoms with van der Waals surface area (Å²) in [5, 5.41) is 18.8. The molecular weight excluding hydrogens is 454 g/mol. The molecular formula is C26H10F6N2. The molecule has 0 saturated heterocycles. The van der Waals surface area contributed by atoms with Crippen molar-refractivity contribution in [3.63, 3.8) is 0 Å². The van der Waals surface area contributed by atoms with Gasteiger partial charge in [-0.1, -0.05) is 60.7 Å². The third-order valence-corrected chi connectivity index (χ3v) is 5.97. The van der Waals surface area contributed by atoms with Crippen molar-refractivity contribution in [1.82, 2.24) is 0 Å². The van der Waals surface area contributed by atoms with Crippen molar-refractivity contribution in [3.8, 4) is 34.4 Å². The van der Waals surface area contributed by atoms with Crippen LogP contribution in [0.4, 0.5) is 26.3 Å². The topological polar surface area (TPSA) is 47.6 Å². The fourth-order valence-corrected chi connectivity index (χ4v) is 4.76. The van der Waals surface area contributed by atoms with Gasteiger partial charge in [-0.05, 0) is 44.5 Å². The van der Waals surface area contributed by atoms with E-state index in [1.807, 2.05) is 0 Å². The number of hydrogen-bond donors (Lipinski definition) is 0. The number of allylic oxidation sites excluding steroid dienone is 2. The number of nitriles is 2. The fraction of sp³-hybridized carbons (Fsp3) is 0.0769. The van der Waals surface area contributed by atoms with Crippen molar-refractivity contribution in [2.45, 2.75) is 12.4 Å². The van der Waals surface area contributed by atoms with Crippen LogP contribution >= 0.6 is 0 Å². The van der Waals surface area contributed by atoms with Gasteiger partial charge in [-0.25, -0.2) is 0 Å². The predicted molar refractivity (Wildman–Crippen MR) is 113 cm³/mol. The van der Waals surface area contributed by atoms with E-state index in [2.05, 4.69) is 0 Å². The second-order valence-electron chi connectivity index (χ2n) is 7.72. The molecule has 0 amide bonds. The van der Waals surface area contributed by atoms with Crippen molar-refractivity contribution >= 4 is 11.1 Å². The summed E-state index contributed by atoms with van der Waals surface area (Å²) in [6, 6.07) is 17.5. The minimum atomic E-state index is -4.98. The Balaban J connectivity index is 2.01. The summed E-state index contributed by atoms with van der Waals surface area (Å²) in [5.74, 6) is 0. The second kappa shape index (κ2) is 7.10. The van der Waals surface area contributed by atoms with E-state index in [0.29, 0.717) is 11.1 Å². The van der Waals surface area contributed by atoms with Crippen molar-refractivity contribution in [1.29, 1.82) is 10.5 Å². The van der Waals surface area contributed by atoms with Gasteiger partial charge in [0.25, 0.3) is 0 Å². The molecule has 0 heterocycles. The first-order valence-electron chi connectivity index (χ1n) is 9.90. The highest BCUT2D eigenvalue weighted by molar-refractivity contribution is 6.14. The normalized spacial score (nSPS) is 16.6. The smallest absolute Gasteiger partial charge is 0.192 e. The van der Waals surface area contributed by atoms with Crippen molar-refractivity contribution < 1.29 is 26.3 Å². The van der Waals surface area contributed by atoms with Crippen LogP contribution in [-0.2, 0) is 0 Å². The number of fused-ring (bicyclic) bond motifs is 7. The van der Waals surface area contributed by atoms with Gasteiger partial charge >= 0.3 is 12.4 Å². The Kier molecular flexibility index (Phi) is 4.50. The molecule has 34 heavy (non-hydrogen) atoms. The Morgan fingerprint density at radius 1 is 0.500 bits per heavy atom. The van der Waals surface area contributed by atoms with E-state index in [4.69, 9.17) is 0 Å². The van der Waals surface area contributed by atoms with Crippen LogP contribution < -0.4 is 0 Å². The molecule has 2 aliphatic carbocycles. The molecule has 0 bridgehead atoms. The second-order valence-corrected chi connectivity index (χ2v) is 7.72. The number of nitrogens with zero attached hydrogens (tertiary/aromatic N) is 2. The number of benzene rings is 3. The van der Waals surface area contributed by atoms with Crippen molar-refractivity contribution in [2.24, 2.45) is 0 Å². The number of alkyl halides is 6. The summed E-state index contributed by atoms with van der Waals surface area (Å²) in [6.45, 7) is 0. The fourth-order valence-electron chi connectivity index (χ4n) is 4.76. The van der Waals surface area contributed by atoms with Crippen LogP contribution in [0.15, 0.2) is 71.8 Å². The van der Waals surface area contributed by atoms with Gasteiger partial charge in [-0.2, -0.15) is 36.9 Å².